The average Bonchev–Trinajstić information content (AvgIpc) is 0.856. The van der Waals surface area contributed by atoms with Crippen molar-refractivity contribution in [3.63, 3.8) is 0 Å². The molecule has 30 atom stereocenters. The summed E-state index contributed by atoms with van der Waals surface area (Å²) in [6.07, 6.45) is 10.3. The van der Waals surface area contributed by atoms with Crippen LogP contribution in [0.3, 0.4) is 0 Å². The average molecular weight is 1360 g/mol. The molecule has 8 N–H and O–H groups in total. The van der Waals surface area contributed by atoms with Crippen LogP contribution in [0.4, 0.5) is 0 Å². The van der Waals surface area contributed by atoms with Crippen LogP contribution in [0.15, 0.2) is 59.8 Å². The molecular weight excluding hydrogens is 1230 g/mol. The van der Waals surface area contributed by atoms with Gasteiger partial charge in [0, 0.05) is 101 Å². The van der Waals surface area contributed by atoms with Gasteiger partial charge >= 0.3 is 11.9 Å². The first-order valence-corrected chi connectivity index (χ1v) is 36.4. The topological polar surface area (TPSA) is 288 Å². The zero-order chi connectivity index (χ0) is 71.1. The normalized spacial score (nSPS) is 40.9. The fourth-order valence-corrected chi connectivity index (χ4v) is 15.2. The smallest absolute Gasteiger partial charge is 0.333 e. The Balaban J connectivity index is 1.37. The Bertz CT molecular complexity index is 2400. The van der Waals surface area contributed by atoms with Gasteiger partial charge in [-0.1, -0.05) is 103 Å². The first-order chi connectivity index (χ1) is 45.4. The van der Waals surface area contributed by atoms with Gasteiger partial charge in [0.05, 0.1) is 122 Å². The number of aliphatic hydroxyl groups excluding tert-OH is 8. The first kappa shape index (κ1) is 83.7. The SMILES string of the molecule is CO[C@H]1C[C@H](CC[C@H](C)[C@H](O)[C@H](C)[C@H]2OC(=O)C=C/C(C)=C\C[C@@H](O)C[C@H]3C=CC[C@@H](C[C@H](OC)[C@@H](C)[C@@H](O)C[C@@H](O)[C@H](C)[C@@H]([C@@H](C)[C@@H](O)[C@@H](C)CC[C@H]4C[C@H](OC)C[C@H](C)O4)OC(=O)/C(C)=C\C[C@H](O)C[C@@H]4C=CC[C@@H](C[C@H](OC)[C@@H](C)[C@@H](O)C[C@@H](O)[C@@H]2C)O4)O3)O[C@@H](C)C1. The molecule has 5 aliphatic rings. The van der Waals surface area contributed by atoms with Crippen LogP contribution < -0.4 is 0 Å². The standard InChI is InChI=1S/C76H130O20/c1-43-23-28-55(77)35-57-19-17-21-59(93-57)39-70(90-16)50(8)66(80)42-68(82)52(10)75(54(12)73(85)45(3)27-31-62-38-64(88-14)34-48(6)92-62)96-76(86)46(4)25-29-56(78)36-58-20-18-22-60(94-58)40-69(89-15)49(7)65(79)41-67(81)51(9)74(95-71(83)32-24-43)53(11)72(84)44(2)26-30-61-37-63(87-13)33-47(5)91-61/h17-20,23-25,32,44-45,47-70,72-75,77-82,84-85H,21-22,26-31,33-42H2,1-16H3/b32-24?,43-23-,46-25-/t44-,45-,47-,48-,49-,50-,51-,52-,53-,54-,55+,56-,57+,58-,59-,60-,61-,62-,63+,64+,65-,66-,67+,68+,69-,70-,72-,73-,74-,75-/m0/s1. The van der Waals surface area contributed by atoms with Crippen molar-refractivity contribution in [2.75, 3.05) is 28.4 Å². The minimum absolute atomic E-state index is 0.0306. The summed E-state index contributed by atoms with van der Waals surface area (Å²) in [6, 6.07) is 0. The summed E-state index contributed by atoms with van der Waals surface area (Å²) in [6.45, 7) is 22.3. The molecular formula is C76H130O20. The molecule has 0 aromatic carbocycles. The minimum Gasteiger partial charge on any atom is -0.458 e. The number of rotatable bonds is 16. The summed E-state index contributed by atoms with van der Waals surface area (Å²) in [5.74, 6) is -5.57. The van der Waals surface area contributed by atoms with Crippen LogP contribution in [-0.4, -0.2) is 216 Å². The maximum Gasteiger partial charge on any atom is 0.333 e. The second kappa shape index (κ2) is 41.8. The van der Waals surface area contributed by atoms with Gasteiger partial charge in [-0.15, -0.1) is 0 Å². The number of cyclic esters (lactones) is 2. The van der Waals surface area contributed by atoms with E-state index in [4.69, 9.17) is 47.4 Å². The quantitative estimate of drug-likeness (QED) is 0.0527. The second-order valence-electron chi connectivity index (χ2n) is 29.9. The molecule has 0 spiro atoms. The third kappa shape index (κ3) is 26.7. The third-order valence-electron chi connectivity index (χ3n) is 22.1. The van der Waals surface area contributed by atoms with Crippen molar-refractivity contribution in [2.45, 2.75) is 333 Å². The van der Waals surface area contributed by atoms with Crippen molar-refractivity contribution in [3.05, 3.63) is 59.8 Å². The highest BCUT2D eigenvalue weighted by Gasteiger charge is 2.43. The van der Waals surface area contributed by atoms with E-state index in [1.54, 1.807) is 61.4 Å². The Labute approximate surface area is 575 Å². The molecule has 5 rings (SSSR count). The highest BCUT2D eigenvalue weighted by Crippen LogP contribution is 2.37. The Hall–Kier alpha value is -3.00. The molecule has 5 aliphatic heterocycles. The van der Waals surface area contributed by atoms with Crippen molar-refractivity contribution in [1.29, 1.82) is 0 Å². The Kier molecular flexibility index (Phi) is 36.4. The van der Waals surface area contributed by atoms with E-state index in [9.17, 15) is 50.4 Å². The number of esters is 2. The summed E-state index contributed by atoms with van der Waals surface area (Å²) in [5, 5.41) is 94.6. The molecule has 0 saturated carbocycles. The van der Waals surface area contributed by atoms with E-state index in [-0.39, 0.29) is 105 Å². The van der Waals surface area contributed by atoms with E-state index in [2.05, 4.69) is 0 Å². The maximum absolute atomic E-state index is 14.2. The van der Waals surface area contributed by atoms with Gasteiger partial charge in [-0.05, 0) is 129 Å². The number of ether oxygens (including phenoxy) is 10. The molecule has 0 aliphatic carbocycles. The highest BCUT2D eigenvalue weighted by molar-refractivity contribution is 5.87. The van der Waals surface area contributed by atoms with Gasteiger partial charge in [0.15, 0.2) is 0 Å². The van der Waals surface area contributed by atoms with Crippen LogP contribution in [0.1, 0.15) is 199 Å². The molecule has 554 valence electrons. The lowest BCUT2D eigenvalue weighted by Crippen LogP contribution is -2.46. The number of hydrogen-bond acceptors (Lipinski definition) is 20. The van der Waals surface area contributed by atoms with E-state index in [0.717, 1.165) is 25.7 Å². The number of fused-ring (bicyclic) bond motifs is 4. The van der Waals surface area contributed by atoms with Crippen molar-refractivity contribution in [1.82, 2.24) is 0 Å². The molecule has 20 heteroatoms. The van der Waals surface area contributed by atoms with E-state index >= 15 is 0 Å². The van der Waals surface area contributed by atoms with Gasteiger partial charge in [-0.25, -0.2) is 9.59 Å². The van der Waals surface area contributed by atoms with E-state index in [1.165, 1.54) is 6.08 Å². The van der Waals surface area contributed by atoms with Crippen LogP contribution in [0, 0.1) is 47.3 Å². The Morgan fingerprint density at radius 3 is 1.30 bits per heavy atom. The van der Waals surface area contributed by atoms with Crippen LogP contribution in [0.25, 0.3) is 0 Å². The number of aliphatic hydroxyl groups is 8. The largest absolute Gasteiger partial charge is 0.458 e. The van der Waals surface area contributed by atoms with Gasteiger partial charge in [-0.2, -0.15) is 0 Å². The number of carbonyl (C=O) groups excluding carboxylic acids is 2. The molecule has 0 radical (unpaired) electrons. The van der Waals surface area contributed by atoms with Crippen LogP contribution in [-0.2, 0) is 57.0 Å². The molecule has 20 nitrogen and oxygen atoms in total. The van der Waals surface area contributed by atoms with Crippen LogP contribution in [0.5, 0.6) is 0 Å². The molecule has 0 aromatic rings. The van der Waals surface area contributed by atoms with Crippen molar-refractivity contribution >= 4 is 11.9 Å². The Morgan fingerprint density at radius 2 is 0.885 bits per heavy atom. The minimum atomic E-state index is -1.18. The summed E-state index contributed by atoms with van der Waals surface area (Å²) in [5.41, 5.74) is 0.927. The lowest BCUT2D eigenvalue weighted by atomic mass is 9.78. The molecule has 0 aromatic heterocycles. The zero-order valence-corrected chi connectivity index (χ0v) is 61.1. The first-order valence-electron chi connectivity index (χ1n) is 36.4. The predicted molar refractivity (Wildman–Crippen MR) is 368 cm³/mol. The number of allylic oxidation sites excluding steroid dienone is 2. The summed E-state index contributed by atoms with van der Waals surface area (Å²) < 4.78 is 61.4. The van der Waals surface area contributed by atoms with Crippen molar-refractivity contribution in [2.24, 2.45) is 47.3 Å². The highest BCUT2D eigenvalue weighted by atomic mass is 16.6. The summed E-state index contributed by atoms with van der Waals surface area (Å²) in [7, 11) is 6.57. The molecule has 96 heavy (non-hydrogen) atoms. The van der Waals surface area contributed by atoms with E-state index < -0.39 is 133 Å². The monoisotopic (exact) mass is 1360 g/mol. The lowest BCUT2D eigenvalue weighted by molar-refractivity contribution is -0.159. The van der Waals surface area contributed by atoms with Gasteiger partial charge in [-0.3, -0.25) is 0 Å². The number of hydrogen-bond donors (Lipinski definition) is 8. The molecule has 0 unspecified atom stereocenters. The van der Waals surface area contributed by atoms with Gasteiger partial charge in [0.25, 0.3) is 0 Å². The molecule has 4 bridgehead atoms. The number of methoxy groups -OCH3 is 4. The van der Waals surface area contributed by atoms with E-state index in [1.807, 2.05) is 92.7 Å². The van der Waals surface area contributed by atoms with Gasteiger partial charge < -0.3 is 88.2 Å². The van der Waals surface area contributed by atoms with Crippen molar-refractivity contribution in [3.8, 4) is 0 Å². The predicted octanol–water partition coefficient (Wildman–Crippen LogP) is 9.55. The van der Waals surface area contributed by atoms with E-state index in [0.29, 0.717) is 56.9 Å². The maximum atomic E-state index is 14.2. The molecule has 5 heterocycles. The summed E-state index contributed by atoms with van der Waals surface area (Å²) in [4.78, 5) is 28.1. The van der Waals surface area contributed by atoms with Gasteiger partial charge in [0.1, 0.15) is 12.2 Å². The fraction of sp³-hybridized carbons (Fsp3) is 0.842. The van der Waals surface area contributed by atoms with Gasteiger partial charge in [0.2, 0.25) is 0 Å². The zero-order valence-electron chi connectivity index (χ0n) is 61.1. The summed E-state index contributed by atoms with van der Waals surface area (Å²) >= 11 is 0. The Morgan fingerprint density at radius 1 is 0.479 bits per heavy atom. The number of carbonyl (C=O) groups is 2. The lowest BCUT2D eigenvalue weighted by Gasteiger charge is -2.38. The third-order valence-corrected chi connectivity index (χ3v) is 22.1. The van der Waals surface area contributed by atoms with Crippen molar-refractivity contribution < 1.29 is 97.8 Å². The second-order valence-corrected chi connectivity index (χ2v) is 29.9. The molecule has 0 amide bonds. The van der Waals surface area contributed by atoms with Crippen LogP contribution in [0.2, 0.25) is 0 Å². The molecule has 2 fully saturated rings. The van der Waals surface area contributed by atoms with Crippen LogP contribution >= 0.6 is 0 Å². The molecule has 2 saturated heterocycles. The fourth-order valence-electron chi connectivity index (χ4n) is 15.2.